The fourth-order valence-corrected chi connectivity index (χ4v) is 1.63. The summed E-state index contributed by atoms with van der Waals surface area (Å²) < 4.78 is 5.96. The predicted octanol–water partition coefficient (Wildman–Crippen LogP) is 2.47. The van der Waals surface area contributed by atoms with E-state index in [2.05, 4.69) is 24.2 Å². The van der Waals surface area contributed by atoms with Gasteiger partial charge in [0, 0.05) is 6.54 Å². The number of nitrogens with one attached hydrogen (secondary N) is 1. The van der Waals surface area contributed by atoms with Crippen LogP contribution in [0.5, 0.6) is 5.75 Å². The van der Waals surface area contributed by atoms with Gasteiger partial charge < -0.3 is 15.8 Å². The van der Waals surface area contributed by atoms with E-state index in [0.717, 1.165) is 30.7 Å². The lowest BCUT2D eigenvalue weighted by molar-refractivity contribution is 0.204. The molecule has 0 saturated carbocycles. The summed E-state index contributed by atoms with van der Waals surface area (Å²) >= 11 is 0. The van der Waals surface area contributed by atoms with Crippen LogP contribution < -0.4 is 15.8 Å². The Morgan fingerprint density at radius 3 is 2.74 bits per heavy atom. The van der Waals surface area contributed by atoms with Crippen LogP contribution in [-0.2, 0) is 0 Å². The van der Waals surface area contributed by atoms with Gasteiger partial charge in [-0.25, -0.2) is 4.99 Å². The quantitative estimate of drug-likeness (QED) is 0.587. The molecule has 0 aliphatic rings. The largest absolute Gasteiger partial charge is 0.488 e. The van der Waals surface area contributed by atoms with Crippen molar-refractivity contribution in [1.29, 1.82) is 0 Å². The molecule has 1 rings (SSSR count). The van der Waals surface area contributed by atoms with E-state index in [1.54, 1.807) is 0 Å². The molecule has 4 nitrogen and oxygen atoms in total. The molecule has 0 radical (unpaired) electrons. The molecule has 19 heavy (non-hydrogen) atoms. The predicted molar refractivity (Wildman–Crippen MR) is 80.7 cm³/mol. The molecule has 0 bridgehead atoms. The van der Waals surface area contributed by atoms with Gasteiger partial charge >= 0.3 is 0 Å². The summed E-state index contributed by atoms with van der Waals surface area (Å²) in [6.45, 7) is 7.66. The minimum absolute atomic E-state index is 0.0584. The molecular formula is C15H25N3O. The van der Waals surface area contributed by atoms with Crippen molar-refractivity contribution in [2.75, 3.05) is 13.1 Å². The summed E-state index contributed by atoms with van der Waals surface area (Å²) in [6.07, 6.45) is 1.99. The van der Waals surface area contributed by atoms with Gasteiger partial charge in [0.05, 0.1) is 6.54 Å². The van der Waals surface area contributed by atoms with E-state index < -0.39 is 0 Å². The number of hydrogen-bond donors (Lipinski definition) is 2. The van der Waals surface area contributed by atoms with E-state index in [0.29, 0.717) is 12.5 Å². The summed E-state index contributed by atoms with van der Waals surface area (Å²) in [5, 5.41) is 3.06. The maximum Gasteiger partial charge on any atom is 0.188 e. The number of benzene rings is 1. The average molecular weight is 263 g/mol. The van der Waals surface area contributed by atoms with E-state index >= 15 is 0 Å². The molecule has 4 heteroatoms. The van der Waals surface area contributed by atoms with Crippen LogP contribution in [0.1, 0.15) is 32.3 Å². The van der Waals surface area contributed by atoms with Gasteiger partial charge in [-0.1, -0.05) is 32.0 Å². The van der Waals surface area contributed by atoms with Crippen molar-refractivity contribution in [3.8, 4) is 5.75 Å². The van der Waals surface area contributed by atoms with Gasteiger partial charge in [-0.2, -0.15) is 0 Å². The molecule has 0 heterocycles. The average Bonchev–Trinajstić information content (AvgIpc) is 2.43. The van der Waals surface area contributed by atoms with Crippen LogP contribution in [0.2, 0.25) is 0 Å². The Kier molecular flexibility index (Phi) is 6.79. The summed E-state index contributed by atoms with van der Waals surface area (Å²) in [4.78, 5) is 4.32. The van der Waals surface area contributed by atoms with Gasteiger partial charge in [0.2, 0.25) is 0 Å². The van der Waals surface area contributed by atoms with Crippen molar-refractivity contribution in [2.45, 2.75) is 39.7 Å². The van der Waals surface area contributed by atoms with Crippen molar-refractivity contribution in [3.05, 3.63) is 29.8 Å². The van der Waals surface area contributed by atoms with E-state index in [4.69, 9.17) is 10.5 Å². The lowest BCUT2D eigenvalue weighted by atomic mass is 10.2. The van der Waals surface area contributed by atoms with Crippen LogP contribution >= 0.6 is 0 Å². The Morgan fingerprint density at radius 2 is 2.11 bits per heavy atom. The minimum atomic E-state index is 0.0584. The van der Waals surface area contributed by atoms with Gasteiger partial charge in [-0.15, -0.1) is 0 Å². The number of nitrogens with zero attached hydrogens (tertiary/aromatic N) is 1. The van der Waals surface area contributed by atoms with E-state index in [9.17, 15) is 0 Å². The standard InChI is InChI=1S/C15H25N3O/c1-4-10-17-15(16)18-11-13(5-2)19-14-9-7-6-8-12(14)3/h6-9,13H,4-5,10-11H2,1-3H3,(H3,16,17,18). The fourth-order valence-electron chi connectivity index (χ4n) is 1.63. The van der Waals surface area contributed by atoms with Crippen molar-refractivity contribution in [2.24, 2.45) is 10.7 Å². The van der Waals surface area contributed by atoms with Crippen molar-refractivity contribution in [3.63, 3.8) is 0 Å². The van der Waals surface area contributed by atoms with E-state index in [1.165, 1.54) is 0 Å². The SMILES string of the molecule is CCCNC(N)=NCC(CC)Oc1ccccc1C. The first-order valence-corrected chi connectivity index (χ1v) is 6.93. The fraction of sp³-hybridized carbons (Fsp3) is 0.533. The van der Waals surface area contributed by atoms with Crippen LogP contribution in [0, 0.1) is 6.92 Å². The molecule has 3 N–H and O–H groups in total. The first-order chi connectivity index (χ1) is 9.17. The topological polar surface area (TPSA) is 59.6 Å². The van der Waals surface area contributed by atoms with Gasteiger partial charge in [-0.05, 0) is 31.4 Å². The van der Waals surface area contributed by atoms with Gasteiger partial charge in [0.15, 0.2) is 5.96 Å². The highest BCUT2D eigenvalue weighted by molar-refractivity contribution is 5.77. The minimum Gasteiger partial charge on any atom is -0.488 e. The van der Waals surface area contributed by atoms with Gasteiger partial charge in [0.25, 0.3) is 0 Å². The van der Waals surface area contributed by atoms with Gasteiger partial charge in [0.1, 0.15) is 11.9 Å². The third-order valence-corrected chi connectivity index (χ3v) is 2.86. The molecule has 0 spiro atoms. The second-order valence-corrected chi connectivity index (χ2v) is 4.57. The number of nitrogens with two attached hydrogens (primary N) is 1. The maximum absolute atomic E-state index is 5.96. The van der Waals surface area contributed by atoms with Crippen LogP contribution in [0.25, 0.3) is 0 Å². The molecule has 0 aliphatic carbocycles. The van der Waals surface area contributed by atoms with Crippen LogP contribution in [-0.4, -0.2) is 25.2 Å². The first kappa shape index (κ1) is 15.3. The molecule has 106 valence electrons. The first-order valence-electron chi connectivity index (χ1n) is 6.93. The lowest BCUT2D eigenvalue weighted by Crippen LogP contribution is -2.33. The van der Waals surface area contributed by atoms with E-state index in [1.807, 2.05) is 31.2 Å². The number of rotatable bonds is 7. The Bertz CT molecular complexity index is 404. The van der Waals surface area contributed by atoms with E-state index in [-0.39, 0.29) is 6.10 Å². The molecule has 1 atom stereocenters. The Morgan fingerprint density at radius 1 is 1.37 bits per heavy atom. The number of para-hydroxylation sites is 1. The lowest BCUT2D eigenvalue weighted by Gasteiger charge is -2.17. The molecule has 0 amide bonds. The highest BCUT2D eigenvalue weighted by Crippen LogP contribution is 2.18. The normalized spacial score (nSPS) is 13.1. The Labute approximate surface area is 116 Å². The highest BCUT2D eigenvalue weighted by atomic mass is 16.5. The summed E-state index contributed by atoms with van der Waals surface area (Å²) in [5.41, 5.74) is 6.91. The highest BCUT2D eigenvalue weighted by Gasteiger charge is 2.09. The second-order valence-electron chi connectivity index (χ2n) is 4.57. The molecule has 0 aromatic heterocycles. The molecule has 0 saturated heterocycles. The van der Waals surface area contributed by atoms with Crippen LogP contribution in [0.4, 0.5) is 0 Å². The zero-order valence-electron chi connectivity index (χ0n) is 12.1. The summed E-state index contributed by atoms with van der Waals surface area (Å²) in [7, 11) is 0. The van der Waals surface area contributed by atoms with Crippen molar-refractivity contribution in [1.82, 2.24) is 5.32 Å². The third-order valence-electron chi connectivity index (χ3n) is 2.86. The third kappa shape index (κ3) is 5.64. The molecular weight excluding hydrogens is 238 g/mol. The smallest absolute Gasteiger partial charge is 0.188 e. The molecule has 1 aromatic rings. The Balaban J connectivity index is 2.52. The van der Waals surface area contributed by atoms with Gasteiger partial charge in [-0.3, -0.25) is 0 Å². The summed E-state index contributed by atoms with van der Waals surface area (Å²) in [6, 6.07) is 8.02. The summed E-state index contributed by atoms with van der Waals surface area (Å²) in [5.74, 6) is 1.42. The maximum atomic E-state index is 5.96. The zero-order valence-corrected chi connectivity index (χ0v) is 12.1. The second kappa shape index (κ2) is 8.40. The molecule has 1 aromatic carbocycles. The van der Waals surface area contributed by atoms with Crippen molar-refractivity contribution >= 4 is 5.96 Å². The Hall–Kier alpha value is -1.71. The number of aryl methyl sites for hydroxylation is 1. The zero-order chi connectivity index (χ0) is 14.1. The number of aliphatic imine (C=N–C) groups is 1. The van der Waals surface area contributed by atoms with Crippen LogP contribution in [0.15, 0.2) is 29.3 Å². The number of guanidine groups is 1. The monoisotopic (exact) mass is 263 g/mol. The number of hydrogen-bond acceptors (Lipinski definition) is 2. The molecule has 1 unspecified atom stereocenters. The van der Waals surface area contributed by atoms with Crippen LogP contribution in [0.3, 0.4) is 0 Å². The molecule has 0 fully saturated rings. The van der Waals surface area contributed by atoms with Crippen molar-refractivity contribution < 1.29 is 4.74 Å². The number of ether oxygens (including phenoxy) is 1. The molecule has 0 aliphatic heterocycles.